The largest absolute Gasteiger partial charge is 0.378 e. The Kier molecular flexibility index (Phi) is 4.22. The van der Waals surface area contributed by atoms with Gasteiger partial charge in [-0.25, -0.2) is 0 Å². The molecule has 0 aliphatic carbocycles. The molecule has 1 heteroatoms. The van der Waals surface area contributed by atoms with Gasteiger partial charge < -0.3 is 5.11 Å². The van der Waals surface area contributed by atoms with E-state index >= 15 is 0 Å². The second-order valence-electron chi connectivity index (χ2n) is 3.16. The molecular formula is C10H18O. The Hall–Kier alpha value is -0.480. The average Bonchev–Trinajstić information content (AvgIpc) is 2.00. The summed E-state index contributed by atoms with van der Waals surface area (Å²) in [5.74, 6) is 6.24. The van der Waals surface area contributed by atoms with Crippen molar-refractivity contribution in [3.63, 3.8) is 0 Å². The van der Waals surface area contributed by atoms with E-state index in [0.29, 0.717) is 18.8 Å². The van der Waals surface area contributed by atoms with Crippen molar-refractivity contribution < 1.29 is 5.11 Å². The second kappa shape index (κ2) is 4.41. The maximum absolute atomic E-state index is 9.70. The van der Waals surface area contributed by atoms with E-state index in [0.717, 1.165) is 0 Å². The molecule has 11 heavy (non-hydrogen) atoms. The standard InChI is InChI=1S/C10H18O/c1-5-10(11,6-2)8-7-9(3)4/h9,11H,5-6H2,1-4H3. The summed E-state index contributed by atoms with van der Waals surface area (Å²) >= 11 is 0. The first-order chi connectivity index (χ1) is 5.04. The van der Waals surface area contributed by atoms with Crippen molar-refractivity contribution in [1.29, 1.82) is 0 Å². The lowest BCUT2D eigenvalue weighted by Crippen LogP contribution is -2.23. The molecule has 0 aliphatic rings. The molecule has 0 aromatic rings. The Morgan fingerprint density at radius 1 is 1.27 bits per heavy atom. The molecule has 0 aromatic heterocycles. The minimum atomic E-state index is -0.746. The SMILES string of the molecule is CCC(O)(C#CC(C)C)CC. The zero-order chi connectivity index (χ0) is 8.91. The molecule has 0 amide bonds. The molecule has 1 N–H and O–H groups in total. The van der Waals surface area contributed by atoms with E-state index < -0.39 is 5.60 Å². The molecule has 64 valence electrons. The molecule has 0 saturated carbocycles. The van der Waals surface area contributed by atoms with Crippen molar-refractivity contribution >= 4 is 0 Å². The summed E-state index contributed by atoms with van der Waals surface area (Å²) in [7, 11) is 0. The zero-order valence-corrected chi connectivity index (χ0v) is 7.94. The van der Waals surface area contributed by atoms with Crippen LogP contribution in [0.5, 0.6) is 0 Å². The monoisotopic (exact) mass is 154 g/mol. The quantitative estimate of drug-likeness (QED) is 0.604. The predicted octanol–water partition coefficient (Wildman–Crippen LogP) is 2.20. The van der Waals surface area contributed by atoms with Crippen molar-refractivity contribution in [3.05, 3.63) is 0 Å². The number of aliphatic hydroxyl groups is 1. The van der Waals surface area contributed by atoms with Gasteiger partial charge in [0, 0.05) is 5.92 Å². The van der Waals surface area contributed by atoms with Crippen LogP contribution in [0, 0.1) is 17.8 Å². The molecule has 0 aromatic carbocycles. The second-order valence-corrected chi connectivity index (χ2v) is 3.16. The molecule has 0 spiro atoms. The highest BCUT2D eigenvalue weighted by molar-refractivity contribution is 5.13. The van der Waals surface area contributed by atoms with E-state index in [9.17, 15) is 5.11 Å². The fraction of sp³-hybridized carbons (Fsp3) is 0.800. The third kappa shape index (κ3) is 4.06. The van der Waals surface area contributed by atoms with Crippen molar-refractivity contribution in [2.75, 3.05) is 0 Å². The highest BCUT2D eigenvalue weighted by Gasteiger charge is 2.17. The Morgan fingerprint density at radius 3 is 2.00 bits per heavy atom. The molecule has 0 aliphatic heterocycles. The van der Waals surface area contributed by atoms with Crippen LogP contribution in [-0.2, 0) is 0 Å². The van der Waals surface area contributed by atoms with Gasteiger partial charge in [0.05, 0.1) is 0 Å². The summed E-state index contributed by atoms with van der Waals surface area (Å²) in [5.41, 5.74) is -0.746. The van der Waals surface area contributed by atoms with Crippen LogP contribution in [0.3, 0.4) is 0 Å². The summed E-state index contributed by atoms with van der Waals surface area (Å²) in [4.78, 5) is 0. The first-order valence-electron chi connectivity index (χ1n) is 4.29. The Bertz CT molecular complexity index is 155. The van der Waals surface area contributed by atoms with E-state index in [1.54, 1.807) is 0 Å². The number of hydrogen-bond donors (Lipinski definition) is 1. The van der Waals surface area contributed by atoms with E-state index in [4.69, 9.17) is 0 Å². The normalized spacial score (nSPS) is 11.1. The number of hydrogen-bond acceptors (Lipinski definition) is 1. The summed E-state index contributed by atoms with van der Waals surface area (Å²) < 4.78 is 0. The van der Waals surface area contributed by atoms with Gasteiger partial charge in [0.25, 0.3) is 0 Å². The first-order valence-corrected chi connectivity index (χ1v) is 4.29. The third-order valence-corrected chi connectivity index (χ3v) is 1.76. The molecular weight excluding hydrogens is 136 g/mol. The lowest BCUT2D eigenvalue weighted by Gasteiger charge is -2.17. The molecule has 0 saturated heterocycles. The maximum atomic E-state index is 9.70. The fourth-order valence-electron chi connectivity index (χ4n) is 0.705. The molecule has 0 atom stereocenters. The molecule has 0 unspecified atom stereocenters. The van der Waals surface area contributed by atoms with Gasteiger partial charge in [-0.15, -0.1) is 0 Å². The Morgan fingerprint density at radius 2 is 1.73 bits per heavy atom. The van der Waals surface area contributed by atoms with Gasteiger partial charge >= 0.3 is 0 Å². The molecule has 0 heterocycles. The van der Waals surface area contributed by atoms with Crippen LogP contribution in [0.15, 0.2) is 0 Å². The van der Waals surface area contributed by atoms with Crippen molar-refractivity contribution in [2.45, 2.75) is 46.1 Å². The first kappa shape index (κ1) is 10.5. The lowest BCUT2D eigenvalue weighted by molar-refractivity contribution is 0.0929. The average molecular weight is 154 g/mol. The van der Waals surface area contributed by atoms with Crippen LogP contribution >= 0.6 is 0 Å². The highest BCUT2D eigenvalue weighted by Crippen LogP contribution is 2.12. The van der Waals surface area contributed by atoms with Crippen LogP contribution < -0.4 is 0 Å². The van der Waals surface area contributed by atoms with E-state index in [2.05, 4.69) is 11.8 Å². The van der Waals surface area contributed by atoms with Gasteiger partial charge in [-0.05, 0) is 12.8 Å². The predicted molar refractivity (Wildman–Crippen MR) is 48.1 cm³/mol. The van der Waals surface area contributed by atoms with Crippen LogP contribution in [0.2, 0.25) is 0 Å². The highest BCUT2D eigenvalue weighted by atomic mass is 16.3. The van der Waals surface area contributed by atoms with Crippen molar-refractivity contribution in [1.82, 2.24) is 0 Å². The van der Waals surface area contributed by atoms with Crippen molar-refractivity contribution in [3.8, 4) is 11.8 Å². The summed E-state index contributed by atoms with van der Waals surface area (Å²) in [6, 6.07) is 0. The summed E-state index contributed by atoms with van der Waals surface area (Å²) in [5, 5.41) is 9.70. The molecule has 1 nitrogen and oxygen atoms in total. The van der Waals surface area contributed by atoms with E-state index in [1.807, 2.05) is 27.7 Å². The van der Waals surface area contributed by atoms with Gasteiger partial charge in [0.1, 0.15) is 5.60 Å². The van der Waals surface area contributed by atoms with Crippen molar-refractivity contribution in [2.24, 2.45) is 5.92 Å². The number of rotatable bonds is 2. The Labute approximate surface area is 69.8 Å². The lowest BCUT2D eigenvalue weighted by atomic mass is 9.98. The van der Waals surface area contributed by atoms with Gasteiger partial charge in [-0.2, -0.15) is 0 Å². The Balaban J connectivity index is 4.21. The summed E-state index contributed by atoms with van der Waals surface area (Å²) in [6.07, 6.45) is 1.42. The van der Waals surface area contributed by atoms with Crippen LogP contribution in [0.1, 0.15) is 40.5 Å². The zero-order valence-electron chi connectivity index (χ0n) is 7.94. The molecule has 0 rings (SSSR count). The van der Waals surface area contributed by atoms with Gasteiger partial charge in [0.2, 0.25) is 0 Å². The topological polar surface area (TPSA) is 20.2 Å². The summed E-state index contributed by atoms with van der Waals surface area (Å²) in [6.45, 7) is 7.97. The smallest absolute Gasteiger partial charge is 0.125 e. The fourth-order valence-corrected chi connectivity index (χ4v) is 0.705. The van der Waals surface area contributed by atoms with Crippen LogP contribution in [0.4, 0.5) is 0 Å². The van der Waals surface area contributed by atoms with E-state index in [1.165, 1.54) is 0 Å². The van der Waals surface area contributed by atoms with E-state index in [-0.39, 0.29) is 0 Å². The molecule has 0 bridgehead atoms. The van der Waals surface area contributed by atoms with Gasteiger partial charge in [-0.1, -0.05) is 39.5 Å². The van der Waals surface area contributed by atoms with Gasteiger partial charge in [-0.3, -0.25) is 0 Å². The van der Waals surface area contributed by atoms with Crippen LogP contribution in [0.25, 0.3) is 0 Å². The maximum Gasteiger partial charge on any atom is 0.125 e. The minimum Gasteiger partial charge on any atom is -0.378 e. The van der Waals surface area contributed by atoms with Crippen LogP contribution in [-0.4, -0.2) is 10.7 Å². The minimum absolute atomic E-state index is 0.347. The van der Waals surface area contributed by atoms with Gasteiger partial charge in [0.15, 0.2) is 0 Å². The third-order valence-electron chi connectivity index (χ3n) is 1.76. The molecule has 0 fully saturated rings. The molecule has 0 radical (unpaired) electrons.